The summed E-state index contributed by atoms with van der Waals surface area (Å²) in [4.78, 5) is 31.7. The molecule has 0 spiro atoms. The molecule has 4 N–H and O–H groups in total. The molecule has 86 valence electrons. The number of nitrogens with two attached hydrogens (primary N) is 1. The zero-order chi connectivity index (χ0) is 11.8. The van der Waals surface area contributed by atoms with E-state index < -0.39 is 17.9 Å². The Balaban J connectivity index is 3.81. The van der Waals surface area contributed by atoms with Gasteiger partial charge >= 0.3 is 5.97 Å². The molecule has 0 aromatic carbocycles. The van der Waals surface area contributed by atoms with Gasteiger partial charge in [0.15, 0.2) is 0 Å². The number of nitrogens with one attached hydrogen (secondary N) is 1. The molecule has 0 radical (unpaired) electrons. The van der Waals surface area contributed by atoms with Crippen LogP contribution in [-0.2, 0) is 14.4 Å². The largest absolute Gasteiger partial charge is 0.480 e. The van der Waals surface area contributed by atoms with E-state index in [0.29, 0.717) is 5.75 Å². The number of aliphatic carboxylic acids is 1. The van der Waals surface area contributed by atoms with Gasteiger partial charge in [-0.1, -0.05) is 0 Å². The highest BCUT2D eigenvalue weighted by molar-refractivity contribution is 7.99. The van der Waals surface area contributed by atoms with Gasteiger partial charge in [-0.05, 0) is 12.2 Å². The van der Waals surface area contributed by atoms with Gasteiger partial charge < -0.3 is 16.2 Å². The Morgan fingerprint density at radius 1 is 1.47 bits per heavy atom. The van der Waals surface area contributed by atoms with E-state index >= 15 is 0 Å². The van der Waals surface area contributed by atoms with Crippen molar-refractivity contribution in [2.75, 3.05) is 11.5 Å². The maximum atomic E-state index is 10.6. The second-order valence-electron chi connectivity index (χ2n) is 2.90. The van der Waals surface area contributed by atoms with Crippen LogP contribution in [-0.4, -0.2) is 40.4 Å². The van der Waals surface area contributed by atoms with Crippen LogP contribution < -0.4 is 11.1 Å². The van der Waals surface area contributed by atoms with Crippen LogP contribution >= 0.6 is 11.8 Å². The van der Waals surface area contributed by atoms with Crippen molar-refractivity contribution in [2.45, 2.75) is 19.4 Å². The highest BCUT2D eigenvalue weighted by atomic mass is 32.2. The van der Waals surface area contributed by atoms with Crippen LogP contribution in [0.3, 0.4) is 0 Å². The van der Waals surface area contributed by atoms with Crippen molar-refractivity contribution in [3.63, 3.8) is 0 Å². The Hall–Kier alpha value is -1.24. The summed E-state index contributed by atoms with van der Waals surface area (Å²) in [6.45, 7) is 1.26. The van der Waals surface area contributed by atoms with Crippen molar-refractivity contribution in [1.82, 2.24) is 5.32 Å². The van der Waals surface area contributed by atoms with Gasteiger partial charge in [0, 0.05) is 6.92 Å². The van der Waals surface area contributed by atoms with Gasteiger partial charge in [0.2, 0.25) is 11.8 Å². The number of rotatable bonds is 7. The summed E-state index contributed by atoms with van der Waals surface area (Å²) in [5.74, 6) is -1.29. The molecule has 0 aliphatic heterocycles. The van der Waals surface area contributed by atoms with E-state index in [2.05, 4.69) is 5.32 Å². The predicted octanol–water partition coefficient (Wildman–Crippen LogP) is -0.816. The number of amides is 2. The van der Waals surface area contributed by atoms with Crippen LogP contribution in [0.15, 0.2) is 0 Å². The lowest BCUT2D eigenvalue weighted by Gasteiger charge is -2.12. The summed E-state index contributed by atoms with van der Waals surface area (Å²) < 4.78 is 0. The zero-order valence-corrected chi connectivity index (χ0v) is 9.17. The number of carboxylic acid groups (broad SMARTS) is 1. The Morgan fingerprint density at radius 3 is 2.47 bits per heavy atom. The monoisotopic (exact) mass is 234 g/mol. The Bertz CT molecular complexity index is 257. The molecule has 0 aliphatic rings. The number of carboxylic acids is 1. The molecule has 0 saturated heterocycles. The molecule has 6 nitrogen and oxygen atoms in total. The molecule has 0 saturated carbocycles. The van der Waals surface area contributed by atoms with Gasteiger partial charge in [-0.15, -0.1) is 0 Å². The second kappa shape index (κ2) is 7.10. The van der Waals surface area contributed by atoms with Crippen molar-refractivity contribution in [1.29, 1.82) is 0 Å². The number of hydrogen-bond acceptors (Lipinski definition) is 4. The lowest BCUT2D eigenvalue weighted by atomic mass is 10.2. The van der Waals surface area contributed by atoms with Gasteiger partial charge in [-0.2, -0.15) is 11.8 Å². The predicted molar refractivity (Wildman–Crippen MR) is 56.4 cm³/mol. The van der Waals surface area contributed by atoms with Crippen LogP contribution in [0.2, 0.25) is 0 Å². The summed E-state index contributed by atoms with van der Waals surface area (Å²) in [6, 6.07) is -0.900. The molecule has 0 bridgehead atoms. The van der Waals surface area contributed by atoms with Crippen LogP contribution in [0.1, 0.15) is 13.3 Å². The molecule has 15 heavy (non-hydrogen) atoms. The maximum absolute atomic E-state index is 10.6. The molecule has 0 aromatic rings. The number of primary amides is 1. The Kier molecular flexibility index (Phi) is 6.52. The maximum Gasteiger partial charge on any atom is 0.326 e. The van der Waals surface area contributed by atoms with E-state index in [1.165, 1.54) is 18.7 Å². The summed E-state index contributed by atoms with van der Waals surface area (Å²) in [6.07, 6.45) is 0.271. The molecular formula is C8H14N2O4S. The van der Waals surface area contributed by atoms with Gasteiger partial charge in [0.25, 0.3) is 0 Å². The third kappa shape index (κ3) is 7.80. The number of carbonyl (C=O) groups excluding carboxylic acids is 2. The lowest BCUT2D eigenvalue weighted by Crippen LogP contribution is -2.40. The number of hydrogen-bond donors (Lipinski definition) is 3. The topological polar surface area (TPSA) is 109 Å². The van der Waals surface area contributed by atoms with Crippen molar-refractivity contribution in [3.05, 3.63) is 0 Å². The first-order valence-electron chi connectivity index (χ1n) is 4.29. The molecule has 0 aliphatic carbocycles. The zero-order valence-electron chi connectivity index (χ0n) is 8.36. The van der Waals surface area contributed by atoms with E-state index in [1.807, 2.05) is 0 Å². The highest BCUT2D eigenvalue weighted by Crippen LogP contribution is 2.04. The summed E-state index contributed by atoms with van der Waals surface area (Å²) in [5, 5.41) is 11.0. The Morgan fingerprint density at radius 2 is 2.07 bits per heavy atom. The van der Waals surface area contributed by atoms with Gasteiger partial charge in [-0.3, -0.25) is 9.59 Å². The third-order valence-corrected chi connectivity index (χ3v) is 2.48. The molecule has 2 amide bonds. The molecule has 7 heteroatoms. The van der Waals surface area contributed by atoms with Crippen LogP contribution in [0.5, 0.6) is 0 Å². The van der Waals surface area contributed by atoms with E-state index in [-0.39, 0.29) is 18.1 Å². The standard InChI is InChI=1S/C8H14N2O4S/c1-5(11)10-6(8(13)14)2-3-15-4-7(9)12/h6H,2-4H2,1H3,(H2,9,12)(H,10,11)(H,13,14). The van der Waals surface area contributed by atoms with E-state index in [4.69, 9.17) is 10.8 Å². The molecule has 1 unspecified atom stereocenters. The van der Waals surface area contributed by atoms with Crippen LogP contribution in [0, 0.1) is 0 Å². The average molecular weight is 234 g/mol. The van der Waals surface area contributed by atoms with Crippen LogP contribution in [0.25, 0.3) is 0 Å². The molecule has 0 heterocycles. The molecular weight excluding hydrogens is 220 g/mol. The van der Waals surface area contributed by atoms with Crippen molar-refractivity contribution in [2.24, 2.45) is 5.73 Å². The lowest BCUT2D eigenvalue weighted by molar-refractivity contribution is -0.141. The fraction of sp³-hybridized carbons (Fsp3) is 0.625. The summed E-state index contributed by atoms with van der Waals surface area (Å²) in [7, 11) is 0. The SMILES string of the molecule is CC(=O)NC(CCSCC(N)=O)C(=O)O. The highest BCUT2D eigenvalue weighted by Gasteiger charge is 2.17. The smallest absolute Gasteiger partial charge is 0.326 e. The second-order valence-corrected chi connectivity index (χ2v) is 4.00. The van der Waals surface area contributed by atoms with Crippen LogP contribution in [0.4, 0.5) is 0 Å². The van der Waals surface area contributed by atoms with Gasteiger partial charge in [0.1, 0.15) is 6.04 Å². The average Bonchev–Trinajstić information content (AvgIpc) is 2.08. The molecule has 0 rings (SSSR count). The first-order valence-corrected chi connectivity index (χ1v) is 5.45. The minimum atomic E-state index is -1.08. The fourth-order valence-corrected chi connectivity index (χ4v) is 1.62. The molecule has 0 aromatic heterocycles. The van der Waals surface area contributed by atoms with Crippen molar-refractivity contribution in [3.8, 4) is 0 Å². The summed E-state index contributed by atoms with van der Waals surface area (Å²) >= 11 is 1.24. The number of carbonyl (C=O) groups is 3. The van der Waals surface area contributed by atoms with Crippen molar-refractivity contribution < 1.29 is 19.5 Å². The quantitative estimate of drug-likeness (QED) is 0.499. The van der Waals surface area contributed by atoms with E-state index in [1.54, 1.807) is 0 Å². The minimum Gasteiger partial charge on any atom is -0.480 e. The first kappa shape index (κ1) is 13.8. The first-order chi connectivity index (χ1) is 6.93. The number of thioether (sulfide) groups is 1. The molecule has 0 fully saturated rings. The molecule has 1 atom stereocenters. The summed E-state index contributed by atoms with van der Waals surface area (Å²) in [5.41, 5.74) is 4.90. The van der Waals surface area contributed by atoms with Gasteiger partial charge in [0.05, 0.1) is 5.75 Å². The fourth-order valence-electron chi connectivity index (χ4n) is 0.877. The third-order valence-electron chi connectivity index (χ3n) is 1.47. The van der Waals surface area contributed by atoms with Gasteiger partial charge in [-0.25, -0.2) is 4.79 Å². The normalized spacial score (nSPS) is 11.8. The van der Waals surface area contributed by atoms with Crippen molar-refractivity contribution >= 4 is 29.5 Å². The van der Waals surface area contributed by atoms with E-state index in [9.17, 15) is 14.4 Å². The Labute approximate surface area is 91.6 Å². The van der Waals surface area contributed by atoms with E-state index in [0.717, 1.165) is 0 Å². The minimum absolute atomic E-state index is 0.159.